The molecule has 0 radical (unpaired) electrons. The predicted octanol–water partition coefficient (Wildman–Crippen LogP) is 4.83. The fraction of sp³-hybridized carbons (Fsp3) is 0.292. The van der Waals surface area contributed by atoms with E-state index in [1.54, 1.807) is 47.4 Å². The van der Waals surface area contributed by atoms with Gasteiger partial charge in [0.05, 0.1) is 23.7 Å². The van der Waals surface area contributed by atoms with Crippen molar-refractivity contribution in [3.8, 4) is 0 Å². The summed E-state index contributed by atoms with van der Waals surface area (Å²) in [5, 5.41) is 0.222. The zero-order valence-corrected chi connectivity index (χ0v) is 19.4. The highest BCUT2D eigenvalue weighted by molar-refractivity contribution is 8.18. The highest BCUT2D eigenvalue weighted by Crippen LogP contribution is 2.33. The number of thioether (sulfide) groups is 1. The van der Waals surface area contributed by atoms with Gasteiger partial charge in [-0.1, -0.05) is 35.9 Å². The van der Waals surface area contributed by atoms with Gasteiger partial charge in [-0.15, -0.1) is 0 Å². The molecule has 2 saturated heterocycles. The van der Waals surface area contributed by atoms with Crippen molar-refractivity contribution in [1.29, 1.82) is 0 Å². The van der Waals surface area contributed by atoms with E-state index in [4.69, 9.17) is 16.3 Å². The van der Waals surface area contributed by atoms with Crippen LogP contribution in [0, 0.1) is 0 Å². The largest absolute Gasteiger partial charge is 0.372 e. The molecule has 2 aliphatic rings. The van der Waals surface area contributed by atoms with Crippen LogP contribution >= 0.6 is 23.4 Å². The first-order chi connectivity index (χ1) is 15.3. The lowest BCUT2D eigenvalue weighted by atomic mass is 10.1. The van der Waals surface area contributed by atoms with E-state index < -0.39 is 0 Å². The van der Waals surface area contributed by atoms with Crippen molar-refractivity contribution in [2.75, 3.05) is 13.1 Å². The zero-order valence-electron chi connectivity index (χ0n) is 17.8. The second kappa shape index (κ2) is 9.48. The molecule has 0 bridgehead atoms. The number of ether oxygens (including phenoxy) is 1. The summed E-state index contributed by atoms with van der Waals surface area (Å²) in [5.41, 5.74) is 2.01. The van der Waals surface area contributed by atoms with Gasteiger partial charge in [0, 0.05) is 23.7 Å². The van der Waals surface area contributed by atoms with E-state index in [0.717, 1.165) is 17.3 Å². The third-order valence-corrected chi connectivity index (χ3v) is 6.38. The first-order valence-corrected chi connectivity index (χ1v) is 11.5. The Hall–Kier alpha value is -2.61. The Bertz CT molecular complexity index is 1090. The molecular weight excluding hydrogens is 448 g/mol. The number of halogens is 1. The zero-order chi connectivity index (χ0) is 22.8. The van der Waals surface area contributed by atoms with Crippen LogP contribution in [0.4, 0.5) is 4.79 Å². The Morgan fingerprint density at radius 1 is 1.12 bits per heavy atom. The number of hydrogen-bond donors (Lipinski definition) is 0. The number of imide groups is 1. The Morgan fingerprint density at radius 3 is 2.56 bits per heavy atom. The molecule has 8 heteroatoms. The molecule has 2 aromatic rings. The van der Waals surface area contributed by atoms with Gasteiger partial charge in [0.2, 0.25) is 0 Å². The topological polar surface area (TPSA) is 66.9 Å². The number of nitrogens with zero attached hydrogens (tertiary/aromatic N) is 2. The fourth-order valence-corrected chi connectivity index (χ4v) is 4.94. The predicted molar refractivity (Wildman–Crippen MR) is 125 cm³/mol. The first kappa shape index (κ1) is 22.6. The molecule has 4 rings (SSSR count). The highest BCUT2D eigenvalue weighted by atomic mass is 35.5. The summed E-state index contributed by atoms with van der Waals surface area (Å²) >= 11 is 6.91. The number of benzene rings is 2. The smallest absolute Gasteiger partial charge is 0.293 e. The summed E-state index contributed by atoms with van der Waals surface area (Å²) in [4.78, 5) is 41.6. The number of rotatable bonds is 4. The van der Waals surface area contributed by atoms with Crippen molar-refractivity contribution in [1.82, 2.24) is 9.80 Å². The molecule has 32 heavy (non-hydrogen) atoms. The SMILES string of the molecule is C[C@@H]1CN(C(=O)c2cccc(/C=C3\SC(=O)N(Cc4cccc(Cl)c4)C3=O)c2)C[C@@H](C)O1. The van der Waals surface area contributed by atoms with E-state index in [-0.39, 0.29) is 35.8 Å². The van der Waals surface area contributed by atoms with E-state index in [9.17, 15) is 14.4 Å². The number of amides is 3. The third-order valence-electron chi connectivity index (χ3n) is 5.24. The van der Waals surface area contributed by atoms with Crippen LogP contribution < -0.4 is 0 Å². The molecule has 0 aliphatic carbocycles. The van der Waals surface area contributed by atoms with E-state index in [1.807, 2.05) is 26.0 Å². The van der Waals surface area contributed by atoms with Crippen molar-refractivity contribution < 1.29 is 19.1 Å². The van der Waals surface area contributed by atoms with Gasteiger partial charge < -0.3 is 9.64 Å². The van der Waals surface area contributed by atoms with Crippen LogP contribution in [0.2, 0.25) is 5.02 Å². The van der Waals surface area contributed by atoms with Gasteiger partial charge in [-0.3, -0.25) is 19.3 Å². The summed E-state index contributed by atoms with van der Waals surface area (Å²) in [6.07, 6.45) is 1.62. The first-order valence-electron chi connectivity index (χ1n) is 10.3. The Labute approximate surface area is 196 Å². The minimum atomic E-state index is -0.354. The molecule has 2 fully saturated rings. The average molecular weight is 471 g/mol. The molecule has 0 unspecified atom stereocenters. The van der Waals surface area contributed by atoms with Crippen molar-refractivity contribution in [3.05, 3.63) is 75.1 Å². The number of hydrogen-bond acceptors (Lipinski definition) is 5. The lowest BCUT2D eigenvalue weighted by Crippen LogP contribution is -2.48. The average Bonchev–Trinajstić information content (AvgIpc) is 3.00. The summed E-state index contributed by atoms with van der Waals surface area (Å²) in [6, 6.07) is 14.2. The Kier molecular flexibility index (Phi) is 6.69. The molecule has 0 saturated carbocycles. The van der Waals surface area contributed by atoms with Crippen molar-refractivity contribution >= 4 is 46.5 Å². The van der Waals surface area contributed by atoms with Gasteiger partial charge in [-0.2, -0.15) is 0 Å². The Balaban J connectivity index is 1.51. The number of carbonyl (C=O) groups excluding carboxylic acids is 3. The van der Waals surface area contributed by atoms with Gasteiger partial charge in [0.15, 0.2) is 0 Å². The van der Waals surface area contributed by atoms with Gasteiger partial charge in [-0.25, -0.2) is 0 Å². The van der Waals surface area contributed by atoms with Crippen molar-refractivity contribution in [2.45, 2.75) is 32.6 Å². The minimum Gasteiger partial charge on any atom is -0.372 e. The number of carbonyl (C=O) groups is 3. The monoisotopic (exact) mass is 470 g/mol. The third kappa shape index (κ3) is 5.06. The molecule has 166 valence electrons. The second-order valence-electron chi connectivity index (χ2n) is 7.99. The molecule has 0 N–H and O–H groups in total. The summed E-state index contributed by atoms with van der Waals surface area (Å²) in [7, 11) is 0. The van der Waals surface area contributed by atoms with Crippen LogP contribution in [0.3, 0.4) is 0 Å². The number of morpholine rings is 1. The molecule has 2 aliphatic heterocycles. The van der Waals surface area contributed by atoms with Gasteiger partial charge >= 0.3 is 0 Å². The van der Waals surface area contributed by atoms with E-state index >= 15 is 0 Å². The van der Waals surface area contributed by atoms with Crippen molar-refractivity contribution in [3.63, 3.8) is 0 Å². The van der Waals surface area contributed by atoms with Gasteiger partial charge in [0.1, 0.15) is 0 Å². The fourth-order valence-electron chi connectivity index (χ4n) is 3.89. The van der Waals surface area contributed by atoms with Crippen LogP contribution in [0.5, 0.6) is 0 Å². The molecule has 3 amide bonds. The van der Waals surface area contributed by atoms with Gasteiger partial charge in [-0.05, 0) is 67.1 Å². The maximum absolute atomic E-state index is 13.0. The minimum absolute atomic E-state index is 0.0167. The molecule has 2 aromatic carbocycles. The lowest BCUT2D eigenvalue weighted by Gasteiger charge is -2.35. The molecule has 2 heterocycles. The molecule has 6 nitrogen and oxygen atoms in total. The highest BCUT2D eigenvalue weighted by Gasteiger charge is 2.35. The van der Waals surface area contributed by atoms with Crippen LogP contribution in [0.25, 0.3) is 6.08 Å². The maximum atomic E-state index is 13.0. The van der Waals surface area contributed by atoms with Gasteiger partial charge in [0.25, 0.3) is 17.1 Å². The van der Waals surface area contributed by atoms with Crippen LogP contribution in [0.1, 0.15) is 35.3 Å². The summed E-state index contributed by atoms with van der Waals surface area (Å²) < 4.78 is 5.71. The standard InChI is InChI=1S/C24H23ClN2O4S/c1-15-12-26(13-16(2)31-15)22(28)19-7-3-5-17(9-19)11-21-23(29)27(24(30)32-21)14-18-6-4-8-20(25)10-18/h3-11,15-16H,12-14H2,1-2H3/b21-11-/t15-,16-/m1/s1. The van der Waals surface area contributed by atoms with E-state index in [1.165, 1.54) is 4.90 Å². The maximum Gasteiger partial charge on any atom is 0.293 e. The van der Waals surface area contributed by atoms with E-state index in [0.29, 0.717) is 34.1 Å². The van der Waals surface area contributed by atoms with Crippen molar-refractivity contribution in [2.24, 2.45) is 0 Å². The quantitative estimate of drug-likeness (QED) is 0.599. The van der Waals surface area contributed by atoms with Crippen LogP contribution in [-0.2, 0) is 16.1 Å². The lowest BCUT2D eigenvalue weighted by molar-refractivity contribution is -0.123. The molecule has 0 aromatic heterocycles. The summed E-state index contributed by atoms with van der Waals surface area (Å²) in [6.45, 7) is 5.14. The van der Waals surface area contributed by atoms with Crippen LogP contribution in [0.15, 0.2) is 53.4 Å². The Morgan fingerprint density at radius 2 is 1.84 bits per heavy atom. The molecular formula is C24H23ClN2O4S. The van der Waals surface area contributed by atoms with Crippen LogP contribution in [-0.4, -0.2) is 52.2 Å². The molecule has 0 spiro atoms. The normalized spacial score (nSPS) is 22.7. The summed E-state index contributed by atoms with van der Waals surface area (Å²) in [5.74, 6) is -0.427. The second-order valence-corrected chi connectivity index (χ2v) is 9.42. The molecule has 2 atom stereocenters. The van der Waals surface area contributed by atoms with E-state index in [2.05, 4.69) is 0 Å².